The van der Waals surface area contributed by atoms with Gasteiger partial charge in [0.25, 0.3) is 0 Å². The molecule has 1 aromatic carbocycles. The summed E-state index contributed by atoms with van der Waals surface area (Å²) >= 11 is 6.27. The van der Waals surface area contributed by atoms with Crippen LogP contribution in [0.5, 0.6) is 5.75 Å². The number of nitrogens with zero attached hydrogens (tertiary/aromatic N) is 2. The maximum absolute atomic E-state index is 14.6. The molecule has 2 aliphatic rings. The molecule has 1 aliphatic carbocycles. The van der Waals surface area contributed by atoms with Crippen LogP contribution in [-0.2, 0) is 13.0 Å². The van der Waals surface area contributed by atoms with E-state index in [0.717, 1.165) is 29.7 Å². The Balaban J connectivity index is 1.47. The molecular weight excluding hydrogens is 409 g/mol. The lowest BCUT2D eigenvalue weighted by Gasteiger charge is -2.24. The van der Waals surface area contributed by atoms with Crippen LogP contribution in [0.3, 0.4) is 0 Å². The van der Waals surface area contributed by atoms with Gasteiger partial charge in [-0.25, -0.2) is 9.37 Å². The molecule has 0 spiro atoms. The lowest BCUT2D eigenvalue weighted by Crippen LogP contribution is -2.34. The van der Waals surface area contributed by atoms with Crippen molar-refractivity contribution in [3.8, 4) is 5.75 Å². The second-order valence-corrected chi connectivity index (χ2v) is 8.56. The van der Waals surface area contributed by atoms with Gasteiger partial charge in [0.05, 0.1) is 11.4 Å². The van der Waals surface area contributed by atoms with Gasteiger partial charge in [-0.15, -0.1) is 0 Å². The van der Waals surface area contributed by atoms with Crippen LogP contribution in [0.4, 0.5) is 4.39 Å². The number of aryl methyl sites for hydroxylation is 1. The molecule has 1 saturated carbocycles. The second kappa shape index (κ2) is 7.50. The highest BCUT2D eigenvalue weighted by atomic mass is 35.5. The number of hydrogen-bond donors (Lipinski definition) is 3. The number of rotatable bonds is 3. The predicted octanol–water partition coefficient (Wildman–Crippen LogP) is 2.90. The maximum atomic E-state index is 14.6. The van der Waals surface area contributed by atoms with E-state index in [4.69, 9.17) is 16.3 Å². The number of hydrogen-bond acceptors (Lipinski definition) is 5. The summed E-state index contributed by atoms with van der Waals surface area (Å²) in [6.07, 6.45) is 1.25. The minimum absolute atomic E-state index is 0.315. The Morgan fingerprint density at radius 2 is 2.13 bits per heavy atom. The van der Waals surface area contributed by atoms with Crippen LogP contribution in [0.25, 0.3) is 11.0 Å². The molecule has 4 unspecified atom stereocenters. The molecule has 3 heterocycles. The summed E-state index contributed by atoms with van der Waals surface area (Å²) in [5.74, 6) is 0.218. The Morgan fingerprint density at radius 3 is 2.97 bits per heavy atom. The number of benzene rings is 1. The van der Waals surface area contributed by atoms with Gasteiger partial charge in [-0.2, -0.15) is 0 Å². The molecule has 8 heteroatoms. The third-order valence-electron chi connectivity index (χ3n) is 6.25. The lowest BCUT2D eigenvalue weighted by atomic mass is 10.00. The molecule has 3 aromatic rings. The lowest BCUT2D eigenvalue weighted by molar-refractivity contribution is -0.0166. The molecular formula is C22H23ClFN3O3. The first-order valence-corrected chi connectivity index (χ1v) is 10.5. The molecule has 0 saturated heterocycles. The first-order valence-electron chi connectivity index (χ1n) is 10.1. The molecule has 30 heavy (non-hydrogen) atoms. The Bertz CT molecular complexity index is 1120. The monoisotopic (exact) mass is 431 g/mol. The first-order chi connectivity index (χ1) is 14.4. The van der Waals surface area contributed by atoms with Crippen LogP contribution < -0.4 is 10.1 Å². The van der Waals surface area contributed by atoms with Crippen molar-refractivity contribution in [2.24, 2.45) is 0 Å². The largest absolute Gasteiger partial charge is 0.487 e. The van der Waals surface area contributed by atoms with Crippen LogP contribution in [0.2, 0.25) is 5.02 Å². The summed E-state index contributed by atoms with van der Waals surface area (Å²) in [5.41, 5.74) is 3.37. The minimum Gasteiger partial charge on any atom is -0.487 e. The SMILES string of the molecule is Cc1ccnc2c1c(F)cn2C1CC(Oc2cc(Cl)cc3c2CNCC3)C(O)C1O. The number of ether oxygens (including phenoxy) is 1. The topological polar surface area (TPSA) is 79.5 Å². The molecule has 0 radical (unpaired) electrons. The minimum atomic E-state index is -1.12. The average Bonchev–Trinajstić information content (AvgIpc) is 3.20. The molecule has 1 aliphatic heterocycles. The van der Waals surface area contributed by atoms with Gasteiger partial charge in [0.2, 0.25) is 0 Å². The number of fused-ring (bicyclic) bond motifs is 2. The van der Waals surface area contributed by atoms with Crippen molar-refractivity contribution in [3.05, 3.63) is 58.1 Å². The highest BCUT2D eigenvalue weighted by Gasteiger charge is 2.45. The van der Waals surface area contributed by atoms with Gasteiger partial charge in [0.1, 0.15) is 29.7 Å². The van der Waals surface area contributed by atoms with Gasteiger partial charge in [0.15, 0.2) is 5.82 Å². The van der Waals surface area contributed by atoms with Gasteiger partial charge in [-0.05, 0) is 49.2 Å². The summed E-state index contributed by atoms with van der Waals surface area (Å²) in [6, 6.07) is 4.88. The van der Waals surface area contributed by atoms with Gasteiger partial charge >= 0.3 is 0 Å². The molecule has 2 aromatic heterocycles. The van der Waals surface area contributed by atoms with Gasteiger partial charge < -0.3 is 24.8 Å². The summed E-state index contributed by atoms with van der Waals surface area (Å²) in [4.78, 5) is 4.31. The average molecular weight is 432 g/mol. The summed E-state index contributed by atoms with van der Waals surface area (Å²) < 4.78 is 22.3. The fourth-order valence-corrected chi connectivity index (χ4v) is 4.92. The number of aromatic nitrogens is 2. The highest BCUT2D eigenvalue weighted by molar-refractivity contribution is 6.30. The quantitative estimate of drug-likeness (QED) is 0.594. The standard InChI is InChI=1S/C22H23ClFN3O3/c1-11-2-5-26-22-19(11)15(24)10-27(22)16-8-18(21(29)20(16)28)30-17-7-13(23)6-12-3-4-25-9-14(12)17/h2,5-7,10,16,18,20-21,25,28-29H,3-4,8-9H2,1H3. The van der Waals surface area contributed by atoms with Crippen LogP contribution in [0, 0.1) is 12.7 Å². The van der Waals surface area contributed by atoms with E-state index in [1.807, 2.05) is 13.0 Å². The highest BCUT2D eigenvalue weighted by Crippen LogP contribution is 2.39. The van der Waals surface area contributed by atoms with Crippen molar-refractivity contribution < 1.29 is 19.3 Å². The first kappa shape index (κ1) is 19.8. The van der Waals surface area contributed by atoms with Gasteiger partial charge in [-0.3, -0.25) is 0 Å². The van der Waals surface area contributed by atoms with E-state index in [9.17, 15) is 14.6 Å². The Kier molecular flexibility index (Phi) is 4.94. The second-order valence-electron chi connectivity index (χ2n) is 8.12. The van der Waals surface area contributed by atoms with E-state index in [-0.39, 0.29) is 0 Å². The number of aliphatic hydroxyl groups excluding tert-OH is 2. The molecule has 5 rings (SSSR count). The Hall–Kier alpha value is -2.19. The zero-order valence-electron chi connectivity index (χ0n) is 16.5. The molecule has 158 valence electrons. The molecule has 4 atom stereocenters. The summed E-state index contributed by atoms with van der Waals surface area (Å²) in [5, 5.41) is 25.8. The third kappa shape index (κ3) is 3.17. The number of halogens is 2. The van der Waals surface area contributed by atoms with E-state index in [0.29, 0.717) is 34.8 Å². The normalized spacial score (nSPS) is 26.2. The van der Waals surface area contributed by atoms with Crippen LogP contribution in [0.15, 0.2) is 30.6 Å². The fraction of sp³-hybridized carbons (Fsp3) is 0.409. The van der Waals surface area contributed by atoms with Crippen molar-refractivity contribution in [2.45, 2.75) is 50.7 Å². The Morgan fingerprint density at radius 1 is 1.30 bits per heavy atom. The van der Waals surface area contributed by atoms with Gasteiger partial charge in [-0.1, -0.05) is 11.6 Å². The molecule has 6 nitrogen and oxygen atoms in total. The van der Waals surface area contributed by atoms with Crippen molar-refractivity contribution >= 4 is 22.6 Å². The van der Waals surface area contributed by atoms with Crippen molar-refractivity contribution in [1.82, 2.24) is 14.9 Å². The van der Waals surface area contributed by atoms with E-state index in [1.54, 1.807) is 22.9 Å². The number of aliphatic hydroxyl groups is 2. The summed E-state index contributed by atoms with van der Waals surface area (Å²) in [7, 11) is 0. The van der Waals surface area contributed by atoms with Crippen LogP contribution in [0.1, 0.15) is 29.2 Å². The molecule has 0 bridgehead atoms. The molecule has 1 fully saturated rings. The zero-order chi connectivity index (χ0) is 21.0. The smallest absolute Gasteiger partial charge is 0.150 e. The van der Waals surface area contributed by atoms with E-state index in [1.165, 1.54) is 6.20 Å². The Labute approximate surface area is 178 Å². The molecule has 3 N–H and O–H groups in total. The van der Waals surface area contributed by atoms with Crippen molar-refractivity contribution in [3.63, 3.8) is 0 Å². The van der Waals surface area contributed by atoms with E-state index < -0.39 is 30.2 Å². The van der Waals surface area contributed by atoms with Crippen molar-refractivity contribution in [1.29, 1.82) is 0 Å². The maximum Gasteiger partial charge on any atom is 0.150 e. The zero-order valence-corrected chi connectivity index (χ0v) is 17.2. The predicted molar refractivity (Wildman–Crippen MR) is 111 cm³/mol. The van der Waals surface area contributed by atoms with E-state index >= 15 is 0 Å². The molecule has 0 amide bonds. The number of pyridine rings is 1. The third-order valence-corrected chi connectivity index (χ3v) is 6.47. The van der Waals surface area contributed by atoms with Crippen LogP contribution >= 0.6 is 11.6 Å². The van der Waals surface area contributed by atoms with Gasteiger partial charge in [0, 0.05) is 35.9 Å². The number of nitrogens with one attached hydrogen (secondary N) is 1. The van der Waals surface area contributed by atoms with Crippen molar-refractivity contribution in [2.75, 3.05) is 6.54 Å². The van der Waals surface area contributed by atoms with E-state index in [2.05, 4.69) is 10.3 Å². The van der Waals surface area contributed by atoms with Crippen LogP contribution in [-0.4, -0.2) is 44.6 Å². The summed E-state index contributed by atoms with van der Waals surface area (Å²) in [6.45, 7) is 3.35. The fourth-order valence-electron chi connectivity index (χ4n) is 4.69.